The van der Waals surface area contributed by atoms with E-state index in [4.69, 9.17) is 15.7 Å². The van der Waals surface area contributed by atoms with Gasteiger partial charge >= 0.3 is 0 Å². The fourth-order valence-corrected chi connectivity index (χ4v) is 2.18. The number of nitrogens with two attached hydrogens (primary N) is 1. The molecule has 0 bridgehead atoms. The molecule has 0 atom stereocenters. The van der Waals surface area contributed by atoms with Crippen LogP contribution in [0.3, 0.4) is 0 Å². The number of carbonyl (C=O) groups excluding carboxylic acids is 1. The highest BCUT2D eigenvalue weighted by Crippen LogP contribution is 2.31. The number of aromatic nitrogens is 2. The number of oxime groups is 1. The van der Waals surface area contributed by atoms with Gasteiger partial charge in [0.05, 0.1) is 12.2 Å². The van der Waals surface area contributed by atoms with E-state index in [0.29, 0.717) is 31.7 Å². The van der Waals surface area contributed by atoms with Crippen molar-refractivity contribution in [3.63, 3.8) is 0 Å². The van der Waals surface area contributed by atoms with E-state index in [9.17, 15) is 4.79 Å². The van der Waals surface area contributed by atoms with Gasteiger partial charge < -0.3 is 21.0 Å². The second-order valence-corrected chi connectivity index (χ2v) is 4.56. The normalized spacial score (nSPS) is 18.5. The first kappa shape index (κ1) is 14.2. The number of rotatable bonds is 4. The summed E-state index contributed by atoms with van der Waals surface area (Å²) in [6, 6.07) is 1.71. The molecule has 20 heavy (non-hydrogen) atoms. The Labute approximate surface area is 116 Å². The third-order valence-corrected chi connectivity index (χ3v) is 3.45. The van der Waals surface area contributed by atoms with Gasteiger partial charge in [0, 0.05) is 19.4 Å². The summed E-state index contributed by atoms with van der Waals surface area (Å²) >= 11 is 0. The van der Waals surface area contributed by atoms with E-state index in [1.807, 2.05) is 0 Å². The Kier molecular flexibility index (Phi) is 4.46. The van der Waals surface area contributed by atoms with Crippen LogP contribution in [-0.2, 0) is 16.1 Å². The Morgan fingerprint density at radius 2 is 2.30 bits per heavy atom. The number of ether oxygens (including phenoxy) is 1. The molecule has 4 N–H and O–H groups in total. The molecule has 1 aliphatic rings. The minimum absolute atomic E-state index is 0.0824. The standard InChI is InChI=1S/C12H17N5O3/c13-10(17-19)12(2-5-20-6-3-12)11(18)15-7-9-1-4-14-8-16-9/h1,4,8,19H,2-3,5-7H2,(H2,13,17)(H,15,18). The van der Waals surface area contributed by atoms with Gasteiger partial charge in [0.2, 0.25) is 5.91 Å². The van der Waals surface area contributed by atoms with Crippen LogP contribution >= 0.6 is 0 Å². The van der Waals surface area contributed by atoms with Crippen LogP contribution in [-0.4, -0.2) is 40.1 Å². The van der Waals surface area contributed by atoms with Gasteiger partial charge in [-0.25, -0.2) is 9.97 Å². The van der Waals surface area contributed by atoms with E-state index in [0.717, 1.165) is 0 Å². The molecule has 0 radical (unpaired) electrons. The summed E-state index contributed by atoms with van der Waals surface area (Å²) in [4.78, 5) is 20.2. The van der Waals surface area contributed by atoms with Crippen LogP contribution in [0.1, 0.15) is 18.5 Å². The van der Waals surface area contributed by atoms with E-state index in [1.165, 1.54) is 6.33 Å². The molecule has 0 spiro atoms. The molecule has 1 amide bonds. The molecule has 8 nitrogen and oxygen atoms in total. The molecule has 2 heterocycles. The van der Waals surface area contributed by atoms with Crippen LogP contribution < -0.4 is 11.1 Å². The zero-order valence-electron chi connectivity index (χ0n) is 11.0. The molecule has 1 aliphatic heterocycles. The van der Waals surface area contributed by atoms with Crippen LogP contribution in [0.5, 0.6) is 0 Å². The maximum absolute atomic E-state index is 12.4. The predicted octanol–water partition coefficient (Wildman–Crippen LogP) is -0.364. The smallest absolute Gasteiger partial charge is 0.234 e. The van der Waals surface area contributed by atoms with Crippen LogP contribution in [0.4, 0.5) is 0 Å². The zero-order chi connectivity index (χ0) is 14.4. The highest BCUT2D eigenvalue weighted by molar-refractivity contribution is 6.06. The molecule has 0 aliphatic carbocycles. The minimum Gasteiger partial charge on any atom is -0.409 e. The van der Waals surface area contributed by atoms with E-state index in [-0.39, 0.29) is 18.3 Å². The second kappa shape index (κ2) is 6.29. The van der Waals surface area contributed by atoms with E-state index < -0.39 is 5.41 Å². The summed E-state index contributed by atoms with van der Waals surface area (Å²) < 4.78 is 5.24. The summed E-state index contributed by atoms with van der Waals surface area (Å²) in [6.07, 6.45) is 3.79. The summed E-state index contributed by atoms with van der Waals surface area (Å²) in [6.45, 7) is 1.07. The third-order valence-electron chi connectivity index (χ3n) is 3.45. The molecule has 0 unspecified atom stereocenters. The highest BCUT2D eigenvalue weighted by atomic mass is 16.5. The van der Waals surface area contributed by atoms with Crippen molar-refractivity contribution in [1.82, 2.24) is 15.3 Å². The van der Waals surface area contributed by atoms with E-state index in [2.05, 4.69) is 20.4 Å². The molecule has 1 aromatic heterocycles. The SMILES string of the molecule is N/C(=N/O)C1(C(=O)NCc2ccncn2)CCOCC1. The highest BCUT2D eigenvalue weighted by Gasteiger charge is 2.44. The summed E-state index contributed by atoms with van der Waals surface area (Å²) in [5.74, 6) is -0.365. The number of hydrogen-bond acceptors (Lipinski definition) is 6. The summed E-state index contributed by atoms with van der Waals surface area (Å²) in [5, 5.41) is 14.7. The van der Waals surface area contributed by atoms with Gasteiger partial charge in [-0.3, -0.25) is 4.79 Å². The monoisotopic (exact) mass is 279 g/mol. The van der Waals surface area contributed by atoms with Crippen molar-refractivity contribution < 1.29 is 14.7 Å². The van der Waals surface area contributed by atoms with Crippen molar-refractivity contribution in [2.24, 2.45) is 16.3 Å². The quantitative estimate of drug-likeness (QED) is 0.299. The zero-order valence-corrected chi connectivity index (χ0v) is 11.0. The van der Waals surface area contributed by atoms with Gasteiger partial charge in [-0.1, -0.05) is 5.16 Å². The van der Waals surface area contributed by atoms with Crippen molar-refractivity contribution in [2.45, 2.75) is 19.4 Å². The largest absolute Gasteiger partial charge is 0.409 e. The number of nitrogens with zero attached hydrogens (tertiary/aromatic N) is 3. The molecule has 108 valence electrons. The van der Waals surface area contributed by atoms with Gasteiger partial charge in [-0.2, -0.15) is 0 Å². The summed E-state index contributed by atoms with van der Waals surface area (Å²) in [7, 11) is 0. The number of nitrogens with one attached hydrogen (secondary N) is 1. The lowest BCUT2D eigenvalue weighted by molar-refractivity contribution is -0.131. The molecule has 0 saturated carbocycles. The van der Waals surface area contributed by atoms with Gasteiger partial charge in [0.15, 0.2) is 5.84 Å². The van der Waals surface area contributed by atoms with Gasteiger partial charge in [0.1, 0.15) is 11.7 Å². The number of amidine groups is 1. The molecular weight excluding hydrogens is 262 g/mol. The molecular formula is C12H17N5O3. The van der Waals surface area contributed by atoms with E-state index >= 15 is 0 Å². The molecule has 1 saturated heterocycles. The number of hydrogen-bond donors (Lipinski definition) is 3. The Morgan fingerprint density at radius 1 is 1.55 bits per heavy atom. The van der Waals surface area contributed by atoms with Crippen molar-refractivity contribution in [1.29, 1.82) is 0 Å². The van der Waals surface area contributed by atoms with Crippen molar-refractivity contribution in [2.75, 3.05) is 13.2 Å². The molecule has 1 aromatic rings. The lowest BCUT2D eigenvalue weighted by Gasteiger charge is -2.34. The topological polar surface area (TPSA) is 123 Å². The van der Waals surface area contributed by atoms with Crippen molar-refractivity contribution in [3.8, 4) is 0 Å². The lowest BCUT2D eigenvalue weighted by Crippen LogP contribution is -2.52. The van der Waals surface area contributed by atoms with Gasteiger partial charge in [-0.15, -0.1) is 0 Å². The lowest BCUT2D eigenvalue weighted by atomic mass is 9.78. The second-order valence-electron chi connectivity index (χ2n) is 4.56. The first-order valence-corrected chi connectivity index (χ1v) is 6.28. The first-order valence-electron chi connectivity index (χ1n) is 6.28. The van der Waals surface area contributed by atoms with Gasteiger partial charge in [0.25, 0.3) is 0 Å². The Balaban J connectivity index is 2.07. The fourth-order valence-electron chi connectivity index (χ4n) is 2.18. The fraction of sp³-hybridized carbons (Fsp3) is 0.500. The Morgan fingerprint density at radius 3 is 2.90 bits per heavy atom. The number of amides is 1. The van der Waals surface area contributed by atoms with E-state index in [1.54, 1.807) is 12.3 Å². The first-order chi connectivity index (χ1) is 9.69. The van der Waals surface area contributed by atoms with Crippen molar-refractivity contribution in [3.05, 3.63) is 24.3 Å². The predicted molar refractivity (Wildman–Crippen MR) is 69.8 cm³/mol. The average molecular weight is 279 g/mol. The number of carbonyl (C=O) groups is 1. The third kappa shape index (κ3) is 2.85. The minimum atomic E-state index is -1.01. The van der Waals surface area contributed by atoms with Crippen molar-refractivity contribution >= 4 is 11.7 Å². The maximum Gasteiger partial charge on any atom is 0.234 e. The molecule has 2 rings (SSSR count). The van der Waals surface area contributed by atoms with Crippen LogP contribution in [0.25, 0.3) is 0 Å². The van der Waals surface area contributed by atoms with Gasteiger partial charge in [-0.05, 0) is 18.9 Å². The molecule has 1 fully saturated rings. The molecule has 8 heteroatoms. The average Bonchev–Trinajstić information content (AvgIpc) is 2.53. The van der Waals surface area contributed by atoms with Crippen LogP contribution in [0.15, 0.2) is 23.7 Å². The Hall–Kier alpha value is -2.22. The maximum atomic E-state index is 12.4. The van der Waals surface area contributed by atoms with Crippen LogP contribution in [0, 0.1) is 5.41 Å². The molecule has 0 aromatic carbocycles. The Bertz CT molecular complexity index is 485. The summed E-state index contributed by atoms with van der Waals surface area (Å²) in [5.41, 5.74) is 5.39. The van der Waals surface area contributed by atoms with Crippen LogP contribution in [0.2, 0.25) is 0 Å².